The summed E-state index contributed by atoms with van der Waals surface area (Å²) in [6.07, 6.45) is 2.72. The molecule has 0 saturated heterocycles. The lowest BCUT2D eigenvalue weighted by molar-refractivity contribution is 0.0698. The average Bonchev–Trinajstić information content (AvgIpc) is 2.53. The first-order valence-electron chi connectivity index (χ1n) is 3.62. The van der Waals surface area contributed by atoms with Gasteiger partial charge in [0, 0.05) is 12.4 Å². The third kappa shape index (κ3) is 1.01. The first kappa shape index (κ1) is 7.60. The number of hydrogen-bond acceptors (Lipinski definition) is 2. The molecule has 2 rings (SSSR count). The molecule has 5 nitrogen and oxygen atoms in total. The van der Waals surface area contributed by atoms with Gasteiger partial charge in [0.15, 0.2) is 0 Å². The minimum atomic E-state index is -1.07. The van der Waals surface area contributed by atoms with E-state index < -0.39 is 5.97 Å². The van der Waals surface area contributed by atoms with E-state index in [-0.39, 0.29) is 11.1 Å². The van der Waals surface area contributed by atoms with Gasteiger partial charge >= 0.3 is 5.97 Å². The van der Waals surface area contributed by atoms with Gasteiger partial charge in [-0.1, -0.05) is 0 Å². The summed E-state index contributed by atoms with van der Waals surface area (Å²) in [7, 11) is 0. The van der Waals surface area contributed by atoms with Crippen LogP contribution in [-0.2, 0) is 0 Å². The molecule has 0 bridgehead atoms. The molecule has 13 heavy (non-hydrogen) atoms. The second-order valence-electron chi connectivity index (χ2n) is 2.60. The van der Waals surface area contributed by atoms with Crippen LogP contribution >= 0.6 is 0 Å². The molecule has 0 fully saturated rings. The van der Waals surface area contributed by atoms with E-state index in [2.05, 4.69) is 9.97 Å². The van der Waals surface area contributed by atoms with Gasteiger partial charge in [-0.2, -0.15) is 0 Å². The van der Waals surface area contributed by atoms with Crippen molar-refractivity contribution >= 4 is 16.9 Å². The molecule has 2 heterocycles. The number of nitrogens with one attached hydrogen (secondary N) is 2. The fourth-order valence-electron chi connectivity index (χ4n) is 1.24. The van der Waals surface area contributed by atoms with Crippen molar-refractivity contribution in [2.45, 2.75) is 0 Å². The zero-order chi connectivity index (χ0) is 9.42. The maximum Gasteiger partial charge on any atom is 0.339 e. The van der Waals surface area contributed by atoms with E-state index in [4.69, 9.17) is 5.11 Å². The first-order chi connectivity index (χ1) is 6.20. The van der Waals surface area contributed by atoms with Crippen LogP contribution in [0, 0.1) is 0 Å². The fourth-order valence-corrected chi connectivity index (χ4v) is 1.24. The Balaban J connectivity index is 2.94. The number of aromatic nitrogens is 2. The second kappa shape index (κ2) is 2.48. The Bertz CT molecular complexity index is 523. The molecule has 2 aromatic heterocycles. The standard InChI is InChI=1S/C8H6N2O3/c11-7-4-1-2-9-6(4)5(3-10-7)8(12)13/h1-3,9H,(H,10,11)(H,12,13). The van der Waals surface area contributed by atoms with E-state index in [1.807, 2.05) is 0 Å². The normalized spacial score (nSPS) is 10.5. The van der Waals surface area contributed by atoms with Crippen molar-refractivity contribution in [2.24, 2.45) is 0 Å². The lowest BCUT2D eigenvalue weighted by Gasteiger charge is -1.95. The number of aromatic carboxylic acids is 1. The molecule has 0 unspecified atom stereocenters. The first-order valence-corrected chi connectivity index (χ1v) is 3.62. The van der Waals surface area contributed by atoms with Crippen LogP contribution in [0.5, 0.6) is 0 Å². The molecule has 0 aliphatic heterocycles. The van der Waals surface area contributed by atoms with Gasteiger partial charge in [-0.25, -0.2) is 4.79 Å². The van der Waals surface area contributed by atoms with Crippen LogP contribution in [0.25, 0.3) is 10.9 Å². The number of rotatable bonds is 1. The van der Waals surface area contributed by atoms with Gasteiger partial charge in [0.1, 0.15) is 0 Å². The van der Waals surface area contributed by atoms with Gasteiger partial charge in [-0.3, -0.25) is 4.79 Å². The fraction of sp³-hybridized carbons (Fsp3) is 0. The van der Waals surface area contributed by atoms with Crippen molar-refractivity contribution in [3.63, 3.8) is 0 Å². The number of pyridine rings is 1. The largest absolute Gasteiger partial charge is 0.478 e. The van der Waals surface area contributed by atoms with Crippen LogP contribution in [0.15, 0.2) is 23.3 Å². The van der Waals surface area contributed by atoms with Crippen LogP contribution < -0.4 is 5.56 Å². The number of H-pyrrole nitrogens is 2. The zero-order valence-corrected chi connectivity index (χ0v) is 6.50. The molecule has 0 amide bonds. The monoisotopic (exact) mass is 178 g/mol. The Morgan fingerprint density at radius 3 is 2.85 bits per heavy atom. The third-order valence-corrected chi connectivity index (χ3v) is 1.84. The Morgan fingerprint density at radius 2 is 2.15 bits per heavy atom. The van der Waals surface area contributed by atoms with Gasteiger partial charge < -0.3 is 15.1 Å². The molecule has 66 valence electrons. The molecule has 0 radical (unpaired) electrons. The molecule has 2 aromatic rings. The summed E-state index contributed by atoms with van der Waals surface area (Å²) in [6, 6.07) is 1.54. The highest BCUT2D eigenvalue weighted by atomic mass is 16.4. The molecule has 0 saturated carbocycles. The number of carboxylic acid groups (broad SMARTS) is 1. The molecule has 0 spiro atoms. The highest BCUT2D eigenvalue weighted by molar-refractivity contribution is 6.01. The Labute approximate surface area is 72.0 Å². The minimum absolute atomic E-state index is 0.0691. The summed E-state index contributed by atoms with van der Waals surface area (Å²) in [5.74, 6) is -1.07. The van der Waals surface area contributed by atoms with Gasteiger partial charge in [-0.05, 0) is 6.07 Å². The smallest absolute Gasteiger partial charge is 0.339 e. The van der Waals surface area contributed by atoms with Crippen LogP contribution in [0.3, 0.4) is 0 Å². The maximum absolute atomic E-state index is 11.1. The van der Waals surface area contributed by atoms with Crippen LogP contribution in [0.2, 0.25) is 0 Å². The van der Waals surface area contributed by atoms with E-state index in [0.717, 1.165) is 0 Å². The molecule has 0 aromatic carbocycles. The number of carbonyl (C=O) groups is 1. The summed E-state index contributed by atoms with van der Waals surface area (Å²) >= 11 is 0. The van der Waals surface area contributed by atoms with E-state index in [1.165, 1.54) is 12.4 Å². The topological polar surface area (TPSA) is 85.9 Å². The predicted octanol–water partition coefficient (Wildman–Crippen LogP) is 0.554. The molecular formula is C8H6N2O3. The summed E-state index contributed by atoms with van der Waals surface area (Å²) in [4.78, 5) is 26.9. The van der Waals surface area contributed by atoms with E-state index in [0.29, 0.717) is 10.9 Å². The van der Waals surface area contributed by atoms with Crippen molar-refractivity contribution in [3.8, 4) is 0 Å². The minimum Gasteiger partial charge on any atom is -0.478 e. The number of hydrogen-bond donors (Lipinski definition) is 3. The predicted molar refractivity (Wildman–Crippen MR) is 45.9 cm³/mol. The SMILES string of the molecule is O=C(O)c1c[nH]c(=O)c2cc[nH]c12. The number of carboxylic acids is 1. The average molecular weight is 178 g/mol. The van der Waals surface area contributed by atoms with Gasteiger partial charge in [0.25, 0.3) is 5.56 Å². The number of fused-ring (bicyclic) bond motifs is 1. The van der Waals surface area contributed by atoms with E-state index in [9.17, 15) is 9.59 Å². The number of aromatic amines is 2. The van der Waals surface area contributed by atoms with Crippen molar-refractivity contribution in [2.75, 3.05) is 0 Å². The molecule has 0 atom stereocenters. The van der Waals surface area contributed by atoms with Gasteiger partial charge in [0.2, 0.25) is 0 Å². The summed E-state index contributed by atoms with van der Waals surface area (Å²) in [5, 5.41) is 9.11. The van der Waals surface area contributed by atoms with Crippen molar-refractivity contribution in [1.29, 1.82) is 0 Å². The Hall–Kier alpha value is -2.04. The lowest BCUT2D eigenvalue weighted by atomic mass is 10.2. The molecule has 0 aliphatic rings. The van der Waals surface area contributed by atoms with Crippen molar-refractivity contribution in [3.05, 3.63) is 34.4 Å². The highest BCUT2D eigenvalue weighted by Crippen LogP contribution is 2.11. The summed E-state index contributed by atoms with van der Waals surface area (Å²) in [5.41, 5.74) is 0.136. The summed E-state index contributed by atoms with van der Waals surface area (Å²) in [6.45, 7) is 0. The maximum atomic E-state index is 11.1. The zero-order valence-electron chi connectivity index (χ0n) is 6.50. The van der Waals surface area contributed by atoms with Crippen LogP contribution in [0.4, 0.5) is 0 Å². The Kier molecular flexibility index (Phi) is 1.45. The van der Waals surface area contributed by atoms with Crippen molar-refractivity contribution in [1.82, 2.24) is 9.97 Å². The molecule has 0 aliphatic carbocycles. The molecule has 3 N–H and O–H groups in total. The van der Waals surface area contributed by atoms with Gasteiger partial charge in [-0.15, -0.1) is 0 Å². The summed E-state index contributed by atoms with van der Waals surface area (Å²) < 4.78 is 0. The molecular weight excluding hydrogens is 172 g/mol. The van der Waals surface area contributed by atoms with E-state index >= 15 is 0 Å². The lowest BCUT2D eigenvalue weighted by Crippen LogP contribution is -2.08. The van der Waals surface area contributed by atoms with Crippen molar-refractivity contribution < 1.29 is 9.90 Å². The second-order valence-corrected chi connectivity index (χ2v) is 2.60. The third-order valence-electron chi connectivity index (χ3n) is 1.84. The van der Waals surface area contributed by atoms with Gasteiger partial charge in [0.05, 0.1) is 16.5 Å². The van der Waals surface area contributed by atoms with Crippen LogP contribution in [-0.4, -0.2) is 21.0 Å². The Morgan fingerprint density at radius 1 is 1.38 bits per heavy atom. The quantitative estimate of drug-likeness (QED) is 0.596. The molecule has 5 heteroatoms. The van der Waals surface area contributed by atoms with Crippen LogP contribution in [0.1, 0.15) is 10.4 Å². The highest BCUT2D eigenvalue weighted by Gasteiger charge is 2.10. The van der Waals surface area contributed by atoms with E-state index in [1.54, 1.807) is 6.07 Å².